The number of epoxide rings is 1. The first-order chi connectivity index (χ1) is 28.1. The minimum atomic E-state index is -0.852. The third kappa shape index (κ3) is 13.9. The van der Waals surface area contributed by atoms with Crippen molar-refractivity contribution in [2.24, 2.45) is 5.92 Å². The van der Waals surface area contributed by atoms with E-state index in [-0.39, 0.29) is 72.2 Å². The number of unbranched alkanes of at least 4 members (excludes halogenated alkanes) is 2. The van der Waals surface area contributed by atoms with Gasteiger partial charge in [0.1, 0.15) is 23.9 Å². The molecule has 5 rings (SSSR count). The van der Waals surface area contributed by atoms with Crippen molar-refractivity contribution in [3.63, 3.8) is 0 Å². The van der Waals surface area contributed by atoms with E-state index < -0.39 is 36.0 Å². The number of esters is 1. The van der Waals surface area contributed by atoms with Gasteiger partial charge in [-0.2, -0.15) is 0 Å². The molecule has 59 heavy (non-hydrogen) atoms. The number of carbonyl (C=O) groups excluding carboxylic acids is 6. The Morgan fingerprint density at radius 2 is 1.61 bits per heavy atom. The number of rotatable bonds is 18. The summed E-state index contributed by atoms with van der Waals surface area (Å²) >= 11 is 0. The van der Waals surface area contributed by atoms with Crippen LogP contribution >= 0.6 is 0 Å². The zero-order valence-electron chi connectivity index (χ0n) is 35.2. The Kier molecular flexibility index (Phi) is 16.6. The summed E-state index contributed by atoms with van der Waals surface area (Å²) in [7, 11) is 0. The Morgan fingerprint density at radius 1 is 0.949 bits per heavy atom. The summed E-state index contributed by atoms with van der Waals surface area (Å²) in [5.41, 5.74) is 0.270. The number of amides is 5. The Morgan fingerprint density at radius 3 is 2.25 bits per heavy atom. The fourth-order valence-electron chi connectivity index (χ4n) is 8.45. The molecule has 326 valence electrons. The first-order valence-electron chi connectivity index (χ1n) is 21.4. The molecule has 0 aromatic heterocycles. The maximum Gasteiger partial charge on any atom is 0.303 e. The highest BCUT2D eigenvalue weighted by Gasteiger charge is 2.58. The molecule has 5 amide bonds. The standard InChI is InChI=1S/C44H64N4O11/c1-27(10-17-36-28(2)23-35(30(4)58-36)47-39(51)19-12-29(3)57-31(5)49)11-18-37-43(55)44(26-56-44)25-34(59-37)24-40(52)46-33-15-13-32(14-16-33)45-38(50)9-7-6-8-22-48-41(53)20-21-42(48)54/h10-12,18-21,28-30,32-37,43,55H,6-9,13-17,22-26H2,1-5H3,(H,45,50)(H,46,52)(H,47,51)/t28-,29-,30+,32?,33?,34+,35+,36-,37+,43+,44+/m0/s1. The van der Waals surface area contributed by atoms with Crippen LogP contribution in [0.2, 0.25) is 0 Å². The van der Waals surface area contributed by atoms with Gasteiger partial charge in [0.15, 0.2) is 0 Å². The molecule has 3 saturated heterocycles. The van der Waals surface area contributed by atoms with Crippen LogP contribution in [0.1, 0.15) is 112 Å². The SMILES string of the molecule is CC(=O)O[C@@H](C)C=CC(=O)N[C@@H]1C[C@H](C)[C@H](CC=C(C)C=C[C@H]2O[C@H](CC(=O)NC3CCC(NC(=O)CCCCCN4C(=O)C=CC4=O)CC3)C[C@@]3(CO3)[C@@H]2O)O[C@@H]1C. The molecule has 15 nitrogen and oxygen atoms in total. The van der Waals surface area contributed by atoms with Crippen molar-refractivity contribution < 1.29 is 52.8 Å². The molecule has 4 fully saturated rings. The second-order valence-corrected chi connectivity index (χ2v) is 17.0. The number of carbonyl (C=O) groups is 6. The van der Waals surface area contributed by atoms with Gasteiger partial charge < -0.3 is 40.0 Å². The van der Waals surface area contributed by atoms with Crippen molar-refractivity contribution >= 4 is 35.5 Å². The second-order valence-electron chi connectivity index (χ2n) is 17.0. The summed E-state index contributed by atoms with van der Waals surface area (Å²) in [6.45, 7) is 9.84. The summed E-state index contributed by atoms with van der Waals surface area (Å²) in [6, 6.07) is -0.0735. The van der Waals surface area contributed by atoms with Crippen molar-refractivity contribution in [3.8, 4) is 0 Å². The van der Waals surface area contributed by atoms with Crippen molar-refractivity contribution in [2.45, 2.75) is 172 Å². The van der Waals surface area contributed by atoms with Crippen LogP contribution in [-0.4, -0.2) is 119 Å². The molecule has 15 heteroatoms. The van der Waals surface area contributed by atoms with Gasteiger partial charge in [0.05, 0.1) is 37.4 Å². The minimum absolute atomic E-state index is 0.00510. The number of ether oxygens (including phenoxy) is 4. The lowest BCUT2D eigenvalue weighted by atomic mass is 9.87. The number of nitrogens with zero attached hydrogens (tertiary/aromatic N) is 1. The van der Waals surface area contributed by atoms with E-state index in [1.54, 1.807) is 13.0 Å². The lowest BCUT2D eigenvalue weighted by Gasteiger charge is -2.39. The zero-order chi connectivity index (χ0) is 42.7. The molecule has 0 aromatic carbocycles. The van der Waals surface area contributed by atoms with Gasteiger partial charge in [-0.15, -0.1) is 0 Å². The van der Waals surface area contributed by atoms with Gasteiger partial charge in [0.2, 0.25) is 17.7 Å². The lowest BCUT2D eigenvalue weighted by molar-refractivity contribution is -0.146. The van der Waals surface area contributed by atoms with Crippen LogP contribution in [0.3, 0.4) is 0 Å². The number of allylic oxidation sites excluding steroid dienone is 2. The molecule has 1 spiro atoms. The summed E-state index contributed by atoms with van der Waals surface area (Å²) in [6.07, 6.45) is 16.3. The van der Waals surface area contributed by atoms with E-state index in [1.165, 1.54) is 30.1 Å². The van der Waals surface area contributed by atoms with E-state index >= 15 is 0 Å². The monoisotopic (exact) mass is 824 g/mol. The van der Waals surface area contributed by atoms with Gasteiger partial charge in [0, 0.05) is 56.6 Å². The summed E-state index contributed by atoms with van der Waals surface area (Å²) in [5.74, 6) is -1.16. The van der Waals surface area contributed by atoms with Crippen LogP contribution in [0.5, 0.6) is 0 Å². The highest BCUT2D eigenvalue weighted by molar-refractivity contribution is 6.12. The predicted octanol–water partition coefficient (Wildman–Crippen LogP) is 3.39. The van der Waals surface area contributed by atoms with E-state index in [4.69, 9.17) is 18.9 Å². The lowest BCUT2D eigenvalue weighted by Crippen LogP contribution is -2.51. The van der Waals surface area contributed by atoms with Crippen LogP contribution in [0, 0.1) is 5.92 Å². The van der Waals surface area contributed by atoms with Crippen molar-refractivity contribution in [1.29, 1.82) is 0 Å². The first-order valence-corrected chi connectivity index (χ1v) is 21.4. The maximum absolute atomic E-state index is 13.2. The maximum atomic E-state index is 13.2. The average molecular weight is 825 g/mol. The van der Waals surface area contributed by atoms with Gasteiger partial charge in [0.25, 0.3) is 11.8 Å². The molecule has 4 aliphatic heterocycles. The third-order valence-corrected chi connectivity index (χ3v) is 12.0. The molecule has 0 aromatic rings. The van der Waals surface area contributed by atoms with Crippen molar-refractivity contribution in [1.82, 2.24) is 20.9 Å². The Hall–Kier alpha value is -4.18. The Labute approximate surface area is 347 Å². The van der Waals surface area contributed by atoms with E-state index in [2.05, 4.69) is 29.0 Å². The fraction of sp³-hybridized carbons (Fsp3) is 0.682. The normalized spacial score (nSPS) is 32.7. The third-order valence-electron chi connectivity index (χ3n) is 12.0. The van der Waals surface area contributed by atoms with Gasteiger partial charge >= 0.3 is 5.97 Å². The van der Waals surface area contributed by atoms with Crippen molar-refractivity contribution in [3.05, 3.63) is 48.1 Å². The number of aliphatic hydroxyl groups excluding tert-OH is 1. The molecular formula is C44H64N4O11. The van der Waals surface area contributed by atoms with E-state index in [0.29, 0.717) is 45.3 Å². The Balaban J connectivity index is 0.990. The minimum Gasteiger partial charge on any atom is -0.459 e. The highest BCUT2D eigenvalue weighted by Crippen LogP contribution is 2.43. The number of hydrogen-bond acceptors (Lipinski definition) is 11. The topological polar surface area (TPSA) is 202 Å². The molecular weight excluding hydrogens is 761 g/mol. The van der Waals surface area contributed by atoms with Crippen LogP contribution in [0.15, 0.2) is 48.1 Å². The van der Waals surface area contributed by atoms with Gasteiger partial charge in [-0.25, -0.2) is 0 Å². The molecule has 0 unspecified atom stereocenters. The summed E-state index contributed by atoms with van der Waals surface area (Å²) in [5, 5.41) is 20.4. The smallest absolute Gasteiger partial charge is 0.303 e. The van der Waals surface area contributed by atoms with Gasteiger partial charge in [-0.05, 0) is 84.1 Å². The van der Waals surface area contributed by atoms with Crippen LogP contribution in [0.4, 0.5) is 0 Å². The van der Waals surface area contributed by atoms with Crippen LogP contribution < -0.4 is 16.0 Å². The average Bonchev–Trinajstić information content (AvgIpc) is 3.88. The van der Waals surface area contributed by atoms with E-state index in [9.17, 15) is 33.9 Å². The van der Waals surface area contributed by atoms with E-state index in [0.717, 1.165) is 44.1 Å². The van der Waals surface area contributed by atoms with Crippen molar-refractivity contribution in [2.75, 3.05) is 13.2 Å². The molecule has 5 aliphatic rings. The fourth-order valence-corrected chi connectivity index (χ4v) is 8.45. The zero-order valence-corrected chi connectivity index (χ0v) is 35.2. The quantitative estimate of drug-likeness (QED) is 0.0394. The molecule has 0 bridgehead atoms. The number of nitrogens with one attached hydrogen (secondary N) is 3. The first kappa shape index (κ1) is 45.9. The number of imide groups is 1. The molecule has 1 saturated carbocycles. The summed E-state index contributed by atoms with van der Waals surface area (Å²) in [4.78, 5) is 73.8. The molecule has 0 radical (unpaired) electrons. The molecule has 1 aliphatic carbocycles. The van der Waals surface area contributed by atoms with Crippen LogP contribution in [0.25, 0.3) is 0 Å². The largest absolute Gasteiger partial charge is 0.459 e. The van der Waals surface area contributed by atoms with Crippen LogP contribution in [-0.2, 0) is 47.7 Å². The number of aliphatic hydroxyl groups is 1. The number of hydrogen-bond donors (Lipinski definition) is 4. The second kappa shape index (κ2) is 21.4. The van der Waals surface area contributed by atoms with Gasteiger partial charge in [-0.1, -0.05) is 37.1 Å². The predicted molar refractivity (Wildman–Crippen MR) is 217 cm³/mol. The molecule has 4 heterocycles. The van der Waals surface area contributed by atoms with Gasteiger partial charge in [-0.3, -0.25) is 33.7 Å². The Bertz CT molecular complexity index is 1630. The van der Waals surface area contributed by atoms with E-state index in [1.807, 2.05) is 26.0 Å². The summed E-state index contributed by atoms with van der Waals surface area (Å²) < 4.78 is 23.4. The highest BCUT2D eigenvalue weighted by atomic mass is 16.6. The molecule has 4 N–H and O–H groups in total. The molecule has 9 atom stereocenters.